The second-order valence-corrected chi connectivity index (χ2v) is 6.62. The van der Waals surface area contributed by atoms with Gasteiger partial charge in [-0.25, -0.2) is 0 Å². The van der Waals surface area contributed by atoms with Crippen LogP contribution in [0.1, 0.15) is 18.4 Å². The molecule has 0 atom stereocenters. The Morgan fingerprint density at radius 2 is 1.90 bits per heavy atom. The fourth-order valence-electron chi connectivity index (χ4n) is 2.70. The van der Waals surface area contributed by atoms with Crippen molar-refractivity contribution < 1.29 is 8.42 Å². The molecule has 20 heavy (non-hydrogen) atoms. The minimum absolute atomic E-state index is 0. The highest BCUT2D eigenvalue weighted by atomic mass is 35.5. The lowest BCUT2D eigenvalue weighted by Crippen LogP contribution is -2.40. The molecule has 0 aliphatic carbocycles. The van der Waals surface area contributed by atoms with Crippen LogP contribution in [0.4, 0.5) is 0 Å². The van der Waals surface area contributed by atoms with Gasteiger partial charge in [-0.3, -0.25) is 0 Å². The first-order chi connectivity index (χ1) is 9.12. The van der Waals surface area contributed by atoms with Crippen LogP contribution in [0, 0.1) is 5.92 Å². The fraction of sp³-hybridized carbons (Fsp3) is 0.462. The Morgan fingerprint density at radius 1 is 1.25 bits per heavy atom. The van der Waals surface area contributed by atoms with Crippen molar-refractivity contribution in [1.82, 2.24) is 4.90 Å². The molecule has 2 aliphatic rings. The molecule has 1 fully saturated rings. The van der Waals surface area contributed by atoms with Gasteiger partial charge < -0.3 is 10.6 Å². The van der Waals surface area contributed by atoms with Crippen molar-refractivity contribution in [2.45, 2.75) is 17.7 Å². The summed E-state index contributed by atoms with van der Waals surface area (Å²) in [6.45, 7) is 2.35. The number of benzene rings is 1. The molecule has 0 amide bonds. The minimum atomic E-state index is -3.50. The molecule has 3 rings (SSSR count). The summed E-state index contributed by atoms with van der Waals surface area (Å²) in [4.78, 5) is 2.39. The number of hydrogen-bond acceptors (Lipinski definition) is 4. The normalized spacial score (nSPS) is 21.1. The number of piperidine rings is 1. The maximum absolute atomic E-state index is 12.0. The van der Waals surface area contributed by atoms with Crippen molar-refractivity contribution in [2.24, 2.45) is 16.0 Å². The molecule has 1 saturated heterocycles. The van der Waals surface area contributed by atoms with E-state index < -0.39 is 10.0 Å². The summed E-state index contributed by atoms with van der Waals surface area (Å²) in [5, 5.41) is 0. The standard InChI is InChI=1S/C13H17N3O2S.ClH/c14-9-10-5-7-16(8-6-10)13-11-3-1-2-4-12(11)19(17,18)15-13;/h1-4,10H,5-9,14H2;1H. The Labute approximate surface area is 125 Å². The zero-order valence-corrected chi connectivity index (χ0v) is 12.7. The van der Waals surface area contributed by atoms with Gasteiger partial charge in [0.1, 0.15) is 4.90 Å². The van der Waals surface area contributed by atoms with E-state index in [1.807, 2.05) is 12.1 Å². The average Bonchev–Trinajstić information content (AvgIpc) is 2.72. The molecule has 5 nitrogen and oxygen atoms in total. The van der Waals surface area contributed by atoms with Crippen LogP contribution < -0.4 is 5.73 Å². The molecular weight excluding hydrogens is 298 g/mol. The number of sulfonamides is 1. The van der Waals surface area contributed by atoms with Gasteiger partial charge in [-0.05, 0) is 37.4 Å². The molecule has 0 aromatic heterocycles. The van der Waals surface area contributed by atoms with E-state index in [1.165, 1.54) is 0 Å². The first-order valence-electron chi connectivity index (χ1n) is 6.51. The van der Waals surface area contributed by atoms with Gasteiger partial charge in [-0.1, -0.05) is 12.1 Å². The summed E-state index contributed by atoms with van der Waals surface area (Å²) in [6, 6.07) is 7.03. The van der Waals surface area contributed by atoms with Gasteiger partial charge >= 0.3 is 0 Å². The molecular formula is C13H18ClN3O2S. The highest BCUT2D eigenvalue weighted by Gasteiger charge is 2.32. The number of nitrogens with two attached hydrogens (primary N) is 1. The predicted octanol–water partition coefficient (Wildman–Crippen LogP) is 1.23. The summed E-state index contributed by atoms with van der Waals surface area (Å²) in [7, 11) is -3.50. The molecule has 2 heterocycles. The zero-order valence-electron chi connectivity index (χ0n) is 11.0. The van der Waals surface area contributed by atoms with Gasteiger partial charge in [0, 0.05) is 18.7 Å². The number of likely N-dealkylation sites (tertiary alicyclic amines) is 1. The third-order valence-electron chi connectivity index (χ3n) is 3.86. The van der Waals surface area contributed by atoms with Gasteiger partial charge in [0.05, 0.1) is 0 Å². The molecule has 110 valence electrons. The molecule has 0 unspecified atom stereocenters. The van der Waals surface area contributed by atoms with Crippen LogP contribution in [-0.4, -0.2) is 38.8 Å². The van der Waals surface area contributed by atoms with Gasteiger partial charge in [0.25, 0.3) is 10.0 Å². The molecule has 0 saturated carbocycles. The lowest BCUT2D eigenvalue weighted by Gasteiger charge is -2.32. The Morgan fingerprint density at radius 3 is 2.55 bits per heavy atom. The van der Waals surface area contributed by atoms with Gasteiger partial charge in [0.15, 0.2) is 5.84 Å². The topological polar surface area (TPSA) is 75.8 Å². The number of rotatable bonds is 1. The Balaban J connectivity index is 0.00000147. The molecule has 1 aromatic carbocycles. The lowest BCUT2D eigenvalue weighted by molar-refractivity contribution is 0.272. The van der Waals surface area contributed by atoms with Gasteiger partial charge in [-0.2, -0.15) is 8.42 Å². The highest BCUT2D eigenvalue weighted by molar-refractivity contribution is 7.90. The van der Waals surface area contributed by atoms with E-state index in [9.17, 15) is 8.42 Å². The van der Waals surface area contributed by atoms with Crippen molar-refractivity contribution in [2.75, 3.05) is 19.6 Å². The second-order valence-electron chi connectivity index (χ2n) is 5.05. The summed E-state index contributed by atoms with van der Waals surface area (Å²) in [6.07, 6.45) is 2.00. The number of hydrogen-bond donors (Lipinski definition) is 1. The zero-order chi connectivity index (χ0) is 13.5. The van der Waals surface area contributed by atoms with E-state index in [1.54, 1.807) is 12.1 Å². The number of nitrogens with zero attached hydrogens (tertiary/aromatic N) is 2. The Hall–Kier alpha value is -1.11. The van der Waals surface area contributed by atoms with Crippen molar-refractivity contribution >= 4 is 28.3 Å². The van der Waals surface area contributed by atoms with Gasteiger partial charge in [-0.15, -0.1) is 16.8 Å². The summed E-state index contributed by atoms with van der Waals surface area (Å²) < 4.78 is 27.9. The Bertz CT molecular complexity index is 622. The molecule has 0 spiro atoms. The summed E-state index contributed by atoms with van der Waals surface area (Å²) in [5.74, 6) is 1.15. The maximum atomic E-state index is 12.0. The molecule has 0 bridgehead atoms. The minimum Gasteiger partial charge on any atom is -0.355 e. The van der Waals surface area contributed by atoms with Crippen LogP contribution in [-0.2, 0) is 10.0 Å². The van der Waals surface area contributed by atoms with E-state index in [-0.39, 0.29) is 12.4 Å². The van der Waals surface area contributed by atoms with E-state index in [0.29, 0.717) is 23.2 Å². The van der Waals surface area contributed by atoms with Crippen molar-refractivity contribution in [3.05, 3.63) is 29.8 Å². The van der Waals surface area contributed by atoms with Crippen molar-refractivity contribution in [3.63, 3.8) is 0 Å². The van der Waals surface area contributed by atoms with Crippen LogP contribution in [0.15, 0.2) is 33.6 Å². The molecule has 2 aliphatic heterocycles. The van der Waals surface area contributed by atoms with Gasteiger partial charge in [0.2, 0.25) is 0 Å². The van der Waals surface area contributed by atoms with E-state index in [2.05, 4.69) is 9.30 Å². The van der Waals surface area contributed by atoms with E-state index in [4.69, 9.17) is 5.73 Å². The smallest absolute Gasteiger partial charge is 0.285 e. The SMILES string of the molecule is Cl.NCC1CCN(C2=NS(=O)(=O)c3ccccc32)CC1. The third-order valence-corrected chi connectivity index (χ3v) is 5.19. The predicted molar refractivity (Wildman–Crippen MR) is 80.8 cm³/mol. The van der Waals surface area contributed by atoms with Crippen LogP contribution in [0.3, 0.4) is 0 Å². The van der Waals surface area contributed by atoms with Crippen LogP contribution in [0.2, 0.25) is 0 Å². The van der Waals surface area contributed by atoms with Crippen LogP contribution in [0.25, 0.3) is 0 Å². The van der Waals surface area contributed by atoms with E-state index >= 15 is 0 Å². The molecule has 2 N–H and O–H groups in total. The number of amidine groups is 1. The maximum Gasteiger partial charge on any atom is 0.285 e. The first kappa shape index (κ1) is 15.3. The van der Waals surface area contributed by atoms with E-state index in [0.717, 1.165) is 31.5 Å². The largest absolute Gasteiger partial charge is 0.355 e. The lowest BCUT2D eigenvalue weighted by atomic mass is 9.96. The van der Waals surface area contributed by atoms with Crippen LogP contribution in [0.5, 0.6) is 0 Å². The highest BCUT2D eigenvalue weighted by Crippen LogP contribution is 2.29. The summed E-state index contributed by atoms with van der Waals surface area (Å²) >= 11 is 0. The van der Waals surface area contributed by atoms with Crippen molar-refractivity contribution in [3.8, 4) is 0 Å². The van der Waals surface area contributed by atoms with Crippen LogP contribution >= 0.6 is 12.4 Å². The number of fused-ring (bicyclic) bond motifs is 1. The number of halogens is 1. The Kier molecular flexibility index (Phi) is 4.36. The molecule has 7 heteroatoms. The second kappa shape index (κ2) is 5.71. The van der Waals surface area contributed by atoms with Crippen molar-refractivity contribution in [1.29, 1.82) is 0 Å². The first-order valence-corrected chi connectivity index (χ1v) is 7.95. The quantitative estimate of drug-likeness (QED) is 0.845. The summed E-state index contributed by atoms with van der Waals surface area (Å²) in [5.41, 5.74) is 6.41. The third kappa shape index (κ3) is 2.55. The monoisotopic (exact) mass is 315 g/mol. The molecule has 0 radical (unpaired) electrons. The molecule has 1 aromatic rings. The average molecular weight is 316 g/mol. The fourth-order valence-corrected chi connectivity index (χ4v) is 3.92.